The van der Waals surface area contributed by atoms with Gasteiger partial charge < -0.3 is 10.6 Å². The standard InChI is InChI=1S/C16H18F4N4O2S2.HI/c1-21-15(23-7-14-24-13(8-27-14)16(18,19)20)22-6-11-5-12(17)4-3-10(11)9-28(2,25)26;/h3-5,8H,6-7,9H2,1-2H3,(H2,21,22,23);1H. The first-order valence-electron chi connectivity index (χ1n) is 7.89. The molecule has 1 aromatic carbocycles. The van der Waals surface area contributed by atoms with E-state index in [1.54, 1.807) is 0 Å². The van der Waals surface area contributed by atoms with Crippen molar-refractivity contribution in [2.24, 2.45) is 4.99 Å². The van der Waals surface area contributed by atoms with Crippen molar-refractivity contribution in [3.05, 3.63) is 51.2 Å². The monoisotopic (exact) mass is 566 g/mol. The Morgan fingerprint density at radius 1 is 1.21 bits per heavy atom. The van der Waals surface area contributed by atoms with Crippen LogP contribution in [-0.2, 0) is 34.9 Å². The van der Waals surface area contributed by atoms with E-state index in [0.29, 0.717) is 11.1 Å². The number of rotatable bonds is 6. The van der Waals surface area contributed by atoms with Crippen LogP contribution in [0.1, 0.15) is 21.8 Å². The van der Waals surface area contributed by atoms with Gasteiger partial charge in [0, 0.05) is 25.2 Å². The second kappa shape index (κ2) is 10.5. The normalized spacial score (nSPS) is 12.4. The Morgan fingerprint density at radius 3 is 2.41 bits per heavy atom. The maximum absolute atomic E-state index is 13.5. The highest BCUT2D eigenvalue weighted by Gasteiger charge is 2.33. The summed E-state index contributed by atoms with van der Waals surface area (Å²) in [5, 5.41) is 6.84. The van der Waals surface area contributed by atoms with Gasteiger partial charge in [-0.05, 0) is 23.3 Å². The number of alkyl halides is 3. The van der Waals surface area contributed by atoms with Crippen LogP contribution in [0.5, 0.6) is 0 Å². The van der Waals surface area contributed by atoms with Gasteiger partial charge in [-0.2, -0.15) is 13.2 Å². The fourth-order valence-corrected chi connectivity index (χ4v) is 3.85. The molecule has 0 fully saturated rings. The maximum Gasteiger partial charge on any atom is 0.434 e. The van der Waals surface area contributed by atoms with Crippen LogP contribution < -0.4 is 10.6 Å². The predicted octanol–water partition coefficient (Wildman–Crippen LogP) is 3.33. The van der Waals surface area contributed by atoms with Gasteiger partial charge in [0.1, 0.15) is 10.8 Å². The minimum Gasteiger partial charge on any atom is -0.352 e. The number of hydrogen-bond donors (Lipinski definition) is 2. The Bertz CT molecular complexity index is 962. The van der Waals surface area contributed by atoms with Crippen molar-refractivity contribution < 1.29 is 26.0 Å². The average Bonchev–Trinajstić information content (AvgIpc) is 3.05. The summed E-state index contributed by atoms with van der Waals surface area (Å²) in [7, 11) is -1.85. The lowest BCUT2D eigenvalue weighted by Crippen LogP contribution is -2.36. The topological polar surface area (TPSA) is 83.4 Å². The van der Waals surface area contributed by atoms with Crippen LogP contribution in [0.25, 0.3) is 0 Å². The Morgan fingerprint density at radius 2 is 1.86 bits per heavy atom. The largest absolute Gasteiger partial charge is 0.434 e. The van der Waals surface area contributed by atoms with E-state index in [-0.39, 0.29) is 53.8 Å². The summed E-state index contributed by atoms with van der Waals surface area (Å²) in [6.45, 7) is 0.0910. The van der Waals surface area contributed by atoms with Crippen LogP contribution in [0.2, 0.25) is 0 Å². The van der Waals surface area contributed by atoms with Crippen molar-refractivity contribution in [3.63, 3.8) is 0 Å². The zero-order valence-corrected chi connectivity index (χ0v) is 19.3. The number of aliphatic imine (C=N–C) groups is 1. The predicted molar refractivity (Wildman–Crippen MR) is 115 cm³/mol. The maximum atomic E-state index is 13.5. The summed E-state index contributed by atoms with van der Waals surface area (Å²) in [5.74, 6) is -0.506. The van der Waals surface area contributed by atoms with Crippen molar-refractivity contribution in [3.8, 4) is 0 Å². The quantitative estimate of drug-likeness (QED) is 0.243. The Balaban J connectivity index is 0.00000420. The molecule has 0 spiro atoms. The summed E-state index contributed by atoms with van der Waals surface area (Å²) in [4.78, 5) is 7.44. The third-order valence-corrected chi connectivity index (χ3v) is 5.19. The summed E-state index contributed by atoms with van der Waals surface area (Å²) in [5.41, 5.74) is -0.0778. The summed E-state index contributed by atoms with van der Waals surface area (Å²) < 4.78 is 74.3. The van der Waals surface area contributed by atoms with Crippen LogP contribution in [0.4, 0.5) is 17.6 Å². The number of thiazole rings is 1. The van der Waals surface area contributed by atoms with Crippen LogP contribution in [-0.4, -0.2) is 32.7 Å². The minimum atomic E-state index is -4.50. The molecule has 29 heavy (non-hydrogen) atoms. The summed E-state index contributed by atoms with van der Waals surface area (Å²) in [6.07, 6.45) is -3.42. The zero-order chi connectivity index (χ0) is 20.9. The molecule has 2 rings (SSSR count). The third kappa shape index (κ3) is 8.42. The molecule has 0 aliphatic rings. The Kier molecular flexibility index (Phi) is 9.27. The molecule has 0 radical (unpaired) electrons. The molecule has 1 aromatic heterocycles. The second-order valence-electron chi connectivity index (χ2n) is 5.89. The molecule has 0 atom stereocenters. The summed E-state index contributed by atoms with van der Waals surface area (Å²) >= 11 is 0.861. The van der Waals surface area contributed by atoms with Crippen molar-refractivity contribution in [1.82, 2.24) is 15.6 Å². The molecule has 0 unspecified atom stereocenters. The third-order valence-electron chi connectivity index (χ3n) is 3.51. The average molecular weight is 566 g/mol. The van der Waals surface area contributed by atoms with Crippen LogP contribution in [0.15, 0.2) is 28.6 Å². The van der Waals surface area contributed by atoms with Gasteiger partial charge in [-0.15, -0.1) is 35.3 Å². The number of aromatic nitrogens is 1. The fourth-order valence-electron chi connectivity index (χ4n) is 2.26. The van der Waals surface area contributed by atoms with E-state index in [1.165, 1.54) is 25.2 Å². The lowest BCUT2D eigenvalue weighted by atomic mass is 10.1. The van der Waals surface area contributed by atoms with E-state index in [9.17, 15) is 26.0 Å². The van der Waals surface area contributed by atoms with Crippen LogP contribution in [0, 0.1) is 5.82 Å². The van der Waals surface area contributed by atoms with E-state index < -0.39 is 27.5 Å². The van der Waals surface area contributed by atoms with Gasteiger partial charge in [-0.25, -0.2) is 17.8 Å². The highest BCUT2D eigenvalue weighted by molar-refractivity contribution is 14.0. The van der Waals surface area contributed by atoms with Crippen molar-refractivity contribution >= 4 is 51.1 Å². The Hall–Kier alpha value is -1.48. The number of hydrogen-bond acceptors (Lipinski definition) is 5. The second-order valence-corrected chi connectivity index (χ2v) is 8.97. The van der Waals surface area contributed by atoms with Gasteiger partial charge in [-0.3, -0.25) is 4.99 Å². The lowest BCUT2D eigenvalue weighted by Gasteiger charge is -2.14. The van der Waals surface area contributed by atoms with Gasteiger partial charge >= 0.3 is 6.18 Å². The van der Waals surface area contributed by atoms with Crippen molar-refractivity contribution in [2.45, 2.75) is 25.0 Å². The van der Waals surface area contributed by atoms with Crippen molar-refractivity contribution in [2.75, 3.05) is 13.3 Å². The van der Waals surface area contributed by atoms with Gasteiger partial charge in [-0.1, -0.05) is 6.07 Å². The molecule has 0 aliphatic heterocycles. The van der Waals surface area contributed by atoms with E-state index in [2.05, 4.69) is 20.6 Å². The van der Waals surface area contributed by atoms with Gasteiger partial charge in [0.25, 0.3) is 0 Å². The molecule has 13 heteroatoms. The molecule has 0 bridgehead atoms. The molecule has 0 saturated carbocycles. The first-order chi connectivity index (χ1) is 13.0. The molecule has 0 aliphatic carbocycles. The fraction of sp³-hybridized carbons (Fsp3) is 0.375. The molecule has 162 valence electrons. The number of benzene rings is 1. The van der Waals surface area contributed by atoms with Crippen LogP contribution in [0.3, 0.4) is 0 Å². The molecule has 1 heterocycles. The smallest absolute Gasteiger partial charge is 0.352 e. The SMILES string of the molecule is CN=C(NCc1nc(C(F)(F)F)cs1)NCc1cc(F)ccc1CS(C)(=O)=O.I. The highest BCUT2D eigenvalue weighted by Crippen LogP contribution is 2.29. The molecule has 6 nitrogen and oxygen atoms in total. The van der Waals surface area contributed by atoms with Gasteiger partial charge in [0.15, 0.2) is 21.5 Å². The van der Waals surface area contributed by atoms with E-state index in [1.807, 2.05) is 0 Å². The zero-order valence-electron chi connectivity index (χ0n) is 15.4. The number of nitrogens with one attached hydrogen (secondary N) is 2. The molecular weight excluding hydrogens is 547 g/mol. The first kappa shape index (κ1) is 25.6. The van der Waals surface area contributed by atoms with Crippen LogP contribution >= 0.6 is 35.3 Å². The molecule has 2 aromatic rings. The number of halogens is 5. The van der Waals surface area contributed by atoms with Gasteiger partial charge in [0.05, 0.1) is 12.3 Å². The molecule has 2 N–H and O–H groups in total. The summed E-state index contributed by atoms with van der Waals surface area (Å²) in [6, 6.07) is 3.80. The highest BCUT2D eigenvalue weighted by atomic mass is 127. The molecule has 0 saturated heterocycles. The van der Waals surface area contributed by atoms with Crippen molar-refractivity contribution in [1.29, 1.82) is 0 Å². The van der Waals surface area contributed by atoms with Gasteiger partial charge in [0.2, 0.25) is 0 Å². The molecular formula is C16H19F4IN4O2S2. The number of sulfone groups is 1. The first-order valence-corrected chi connectivity index (χ1v) is 10.8. The van der Waals surface area contributed by atoms with E-state index in [0.717, 1.165) is 23.0 Å². The number of guanidine groups is 1. The minimum absolute atomic E-state index is 0. The Labute approximate surface area is 186 Å². The lowest BCUT2D eigenvalue weighted by molar-refractivity contribution is -0.140. The van der Waals surface area contributed by atoms with E-state index >= 15 is 0 Å². The number of nitrogens with zero attached hydrogens (tertiary/aromatic N) is 2. The van der Waals surface area contributed by atoms with E-state index in [4.69, 9.17) is 0 Å². The molecule has 0 amide bonds.